The molecule has 8 heteroatoms. The zero-order chi connectivity index (χ0) is 24.0. The number of ether oxygens (including phenoxy) is 1. The van der Waals surface area contributed by atoms with Gasteiger partial charge in [-0.05, 0) is 48.5 Å². The van der Waals surface area contributed by atoms with Crippen molar-refractivity contribution in [2.24, 2.45) is 4.99 Å². The molecule has 178 valence electrons. The Bertz CT molecular complexity index is 1200. The number of rotatable bonds is 6. The molecule has 2 aliphatic rings. The maximum absolute atomic E-state index is 13.3. The van der Waals surface area contributed by atoms with E-state index >= 15 is 0 Å². The summed E-state index contributed by atoms with van der Waals surface area (Å²) in [5, 5.41) is 2.95. The fourth-order valence-electron chi connectivity index (χ4n) is 4.06. The summed E-state index contributed by atoms with van der Waals surface area (Å²) in [5.74, 6) is -0.349. The van der Waals surface area contributed by atoms with E-state index in [1.54, 1.807) is 4.90 Å². The molecule has 0 bridgehead atoms. The van der Waals surface area contributed by atoms with Crippen molar-refractivity contribution in [3.05, 3.63) is 84.9 Å². The van der Waals surface area contributed by atoms with Crippen LogP contribution in [-0.4, -0.2) is 48.5 Å². The predicted octanol–water partition coefficient (Wildman–Crippen LogP) is 4.69. The molecule has 0 unspecified atom stereocenters. The number of nitrogens with zero attached hydrogens (tertiary/aromatic N) is 3. The van der Waals surface area contributed by atoms with E-state index in [1.807, 2.05) is 84.9 Å². The minimum absolute atomic E-state index is 0.0614. The highest BCUT2D eigenvalue weighted by molar-refractivity contribution is 8.16. The molecule has 0 spiro atoms. The van der Waals surface area contributed by atoms with Crippen LogP contribution in [-0.2, 0) is 14.3 Å². The van der Waals surface area contributed by atoms with E-state index < -0.39 is 5.25 Å². The molecule has 2 fully saturated rings. The number of amidine groups is 1. The summed E-state index contributed by atoms with van der Waals surface area (Å²) in [6, 6.07) is 26.7. The van der Waals surface area contributed by atoms with Crippen LogP contribution in [0.2, 0.25) is 0 Å². The van der Waals surface area contributed by atoms with Gasteiger partial charge in [-0.15, -0.1) is 0 Å². The van der Waals surface area contributed by atoms with Crippen molar-refractivity contribution in [3.8, 4) is 0 Å². The number of amides is 2. The van der Waals surface area contributed by atoms with Gasteiger partial charge in [-0.3, -0.25) is 14.5 Å². The van der Waals surface area contributed by atoms with E-state index in [-0.39, 0.29) is 18.2 Å². The van der Waals surface area contributed by atoms with Crippen LogP contribution in [0.4, 0.5) is 22.7 Å². The average molecular weight is 487 g/mol. The van der Waals surface area contributed by atoms with Gasteiger partial charge in [0.25, 0.3) is 0 Å². The number of carbonyl (C=O) groups excluding carboxylic acids is 2. The third-order valence-corrected chi connectivity index (χ3v) is 6.97. The Morgan fingerprint density at radius 2 is 1.57 bits per heavy atom. The standard InChI is InChI=1S/C27H26N4O3S/c32-25(28-21-11-13-22(14-12-21)30-15-17-34-18-16-30)19-24-26(33)31(23-9-5-2-6-10-23)27(35-24)29-20-7-3-1-4-8-20/h1-14,24H,15-19H2,(H,28,32)/t24-/m0/s1. The molecule has 2 aliphatic heterocycles. The molecule has 3 aromatic rings. The first-order chi connectivity index (χ1) is 17.2. The van der Waals surface area contributed by atoms with Gasteiger partial charge in [-0.2, -0.15) is 0 Å². The molecule has 3 aromatic carbocycles. The number of nitrogens with one attached hydrogen (secondary N) is 1. The van der Waals surface area contributed by atoms with Gasteiger partial charge in [0, 0.05) is 30.9 Å². The van der Waals surface area contributed by atoms with E-state index in [0.29, 0.717) is 10.9 Å². The molecular weight excluding hydrogens is 460 g/mol. The first kappa shape index (κ1) is 23.1. The summed E-state index contributed by atoms with van der Waals surface area (Å²) in [7, 11) is 0. The molecule has 35 heavy (non-hydrogen) atoms. The second kappa shape index (κ2) is 10.8. The van der Waals surface area contributed by atoms with Crippen molar-refractivity contribution in [3.63, 3.8) is 0 Å². The summed E-state index contributed by atoms with van der Waals surface area (Å²) in [6.07, 6.45) is 0.0614. The van der Waals surface area contributed by atoms with Crippen LogP contribution in [0.1, 0.15) is 6.42 Å². The van der Waals surface area contributed by atoms with Crippen molar-refractivity contribution >= 4 is 51.5 Å². The zero-order valence-corrected chi connectivity index (χ0v) is 20.0. The number of hydrogen-bond acceptors (Lipinski definition) is 6. The Kier molecular flexibility index (Phi) is 7.11. The summed E-state index contributed by atoms with van der Waals surface area (Å²) in [5.41, 5.74) is 3.31. The molecule has 1 atom stereocenters. The normalized spacial score (nSPS) is 19.3. The third kappa shape index (κ3) is 5.55. The van der Waals surface area contributed by atoms with Gasteiger partial charge in [0.05, 0.1) is 24.6 Å². The van der Waals surface area contributed by atoms with E-state index in [9.17, 15) is 9.59 Å². The van der Waals surface area contributed by atoms with Crippen LogP contribution >= 0.6 is 11.8 Å². The topological polar surface area (TPSA) is 74.2 Å². The molecule has 0 saturated carbocycles. The third-order valence-electron chi connectivity index (χ3n) is 5.83. The lowest BCUT2D eigenvalue weighted by molar-refractivity contribution is -0.121. The van der Waals surface area contributed by atoms with Crippen LogP contribution in [0.15, 0.2) is 89.9 Å². The Morgan fingerprint density at radius 3 is 2.26 bits per heavy atom. The van der Waals surface area contributed by atoms with Gasteiger partial charge < -0.3 is 15.0 Å². The largest absolute Gasteiger partial charge is 0.378 e. The van der Waals surface area contributed by atoms with Gasteiger partial charge >= 0.3 is 0 Å². The van der Waals surface area contributed by atoms with Crippen molar-refractivity contribution in [2.45, 2.75) is 11.7 Å². The molecule has 2 heterocycles. The van der Waals surface area contributed by atoms with E-state index in [0.717, 1.165) is 43.4 Å². The van der Waals surface area contributed by atoms with Gasteiger partial charge in [-0.1, -0.05) is 48.2 Å². The lowest BCUT2D eigenvalue weighted by Crippen LogP contribution is -2.36. The molecular formula is C27H26N4O3S. The van der Waals surface area contributed by atoms with Gasteiger partial charge in [0.2, 0.25) is 11.8 Å². The maximum Gasteiger partial charge on any atom is 0.247 e. The number of anilines is 3. The number of benzene rings is 3. The summed E-state index contributed by atoms with van der Waals surface area (Å²) in [6.45, 7) is 3.16. The Balaban J connectivity index is 1.28. The lowest BCUT2D eigenvalue weighted by atomic mass is 10.2. The number of aliphatic imine (C=N–C) groups is 1. The number of thioether (sulfide) groups is 1. The molecule has 2 saturated heterocycles. The average Bonchev–Trinajstić information content (AvgIpc) is 3.20. The smallest absolute Gasteiger partial charge is 0.247 e. The first-order valence-corrected chi connectivity index (χ1v) is 12.5. The second-order valence-corrected chi connectivity index (χ2v) is 9.41. The fraction of sp³-hybridized carbons (Fsp3) is 0.222. The fourth-order valence-corrected chi connectivity index (χ4v) is 5.21. The zero-order valence-electron chi connectivity index (χ0n) is 19.2. The Morgan fingerprint density at radius 1 is 0.914 bits per heavy atom. The highest BCUT2D eigenvalue weighted by atomic mass is 32.2. The van der Waals surface area contributed by atoms with Crippen LogP contribution < -0.4 is 15.1 Å². The van der Waals surface area contributed by atoms with Crippen LogP contribution in [0, 0.1) is 0 Å². The maximum atomic E-state index is 13.3. The lowest BCUT2D eigenvalue weighted by Gasteiger charge is -2.28. The molecule has 7 nitrogen and oxygen atoms in total. The molecule has 5 rings (SSSR count). The minimum atomic E-state index is -0.551. The summed E-state index contributed by atoms with van der Waals surface area (Å²) in [4.78, 5) is 34.8. The molecule has 0 radical (unpaired) electrons. The first-order valence-electron chi connectivity index (χ1n) is 11.6. The minimum Gasteiger partial charge on any atom is -0.378 e. The van der Waals surface area contributed by atoms with E-state index in [4.69, 9.17) is 9.73 Å². The van der Waals surface area contributed by atoms with Gasteiger partial charge in [0.1, 0.15) is 5.25 Å². The van der Waals surface area contributed by atoms with Crippen LogP contribution in [0.25, 0.3) is 0 Å². The number of morpholine rings is 1. The Hall–Kier alpha value is -3.62. The number of hydrogen-bond donors (Lipinski definition) is 1. The van der Waals surface area contributed by atoms with E-state index in [2.05, 4.69) is 10.2 Å². The monoisotopic (exact) mass is 486 g/mol. The Labute approximate surface area is 208 Å². The summed E-state index contributed by atoms with van der Waals surface area (Å²) >= 11 is 1.32. The van der Waals surface area contributed by atoms with Crippen molar-refractivity contribution in [1.29, 1.82) is 0 Å². The van der Waals surface area contributed by atoms with Crippen molar-refractivity contribution < 1.29 is 14.3 Å². The van der Waals surface area contributed by atoms with E-state index in [1.165, 1.54) is 11.8 Å². The van der Waals surface area contributed by atoms with Gasteiger partial charge in [0.15, 0.2) is 5.17 Å². The van der Waals surface area contributed by atoms with Crippen LogP contribution in [0.5, 0.6) is 0 Å². The highest BCUT2D eigenvalue weighted by Gasteiger charge is 2.40. The second-order valence-electron chi connectivity index (χ2n) is 8.24. The van der Waals surface area contributed by atoms with Crippen molar-refractivity contribution in [1.82, 2.24) is 0 Å². The van der Waals surface area contributed by atoms with Crippen LogP contribution in [0.3, 0.4) is 0 Å². The highest BCUT2D eigenvalue weighted by Crippen LogP contribution is 2.35. The molecule has 1 N–H and O–H groups in total. The number of para-hydroxylation sites is 2. The predicted molar refractivity (Wildman–Crippen MR) is 142 cm³/mol. The van der Waals surface area contributed by atoms with Gasteiger partial charge in [-0.25, -0.2) is 4.99 Å². The molecule has 2 amide bonds. The molecule has 0 aliphatic carbocycles. The molecule has 0 aromatic heterocycles. The number of carbonyl (C=O) groups is 2. The summed E-state index contributed by atoms with van der Waals surface area (Å²) < 4.78 is 5.41. The SMILES string of the molecule is O=C(C[C@@H]1SC(=Nc2ccccc2)N(c2ccccc2)C1=O)Nc1ccc(N2CCOCC2)cc1. The van der Waals surface area contributed by atoms with Crippen molar-refractivity contribution in [2.75, 3.05) is 41.4 Å². The quantitative estimate of drug-likeness (QED) is 0.547.